The lowest BCUT2D eigenvalue weighted by molar-refractivity contribution is -0.123. The van der Waals surface area contributed by atoms with E-state index in [1.807, 2.05) is 0 Å². The Morgan fingerprint density at radius 3 is 3.00 bits per heavy atom. The molecule has 0 atom stereocenters. The third-order valence-electron chi connectivity index (χ3n) is 2.41. The van der Waals surface area contributed by atoms with Gasteiger partial charge in [0.25, 0.3) is 5.91 Å². The second-order valence-electron chi connectivity index (χ2n) is 4.05. The molecule has 0 aliphatic carbocycles. The molecule has 7 heteroatoms. The Bertz CT molecular complexity index is 682. The van der Waals surface area contributed by atoms with Gasteiger partial charge in [-0.3, -0.25) is 4.79 Å². The van der Waals surface area contributed by atoms with Crippen LogP contribution in [0, 0.1) is 0 Å². The molecular formula is C15H12Cl2N2O3. The third kappa shape index (κ3) is 5.27. The zero-order valence-corrected chi connectivity index (χ0v) is 12.8. The number of nitrogens with zero attached hydrogens (tertiary/aromatic N) is 1. The number of nitrogens with one attached hydrogen (secondary N) is 1. The minimum absolute atomic E-state index is 0.223. The highest BCUT2D eigenvalue weighted by atomic mass is 35.5. The zero-order chi connectivity index (χ0) is 15.8. The van der Waals surface area contributed by atoms with Crippen LogP contribution in [0.15, 0.2) is 52.2 Å². The fourth-order valence-electron chi connectivity index (χ4n) is 1.44. The largest absolute Gasteiger partial charge is 0.482 e. The molecule has 0 unspecified atom stereocenters. The molecule has 0 aliphatic heterocycles. The number of furan rings is 1. The van der Waals surface area contributed by atoms with Gasteiger partial charge in [0, 0.05) is 17.3 Å². The molecule has 1 aromatic carbocycles. The van der Waals surface area contributed by atoms with Crippen LogP contribution in [0.25, 0.3) is 6.08 Å². The van der Waals surface area contributed by atoms with Gasteiger partial charge < -0.3 is 9.15 Å². The number of carbonyl (C=O) groups excluding carboxylic acids is 1. The molecule has 0 spiro atoms. The molecular weight excluding hydrogens is 327 g/mol. The summed E-state index contributed by atoms with van der Waals surface area (Å²) in [5.74, 6) is 0.612. The van der Waals surface area contributed by atoms with E-state index in [1.54, 1.807) is 42.7 Å². The number of rotatable bonds is 6. The van der Waals surface area contributed by atoms with E-state index in [4.69, 9.17) is 32.4 Å². The van der Waals surface area contributed by atoms with Gasteiger partial charge in [0.05, 0.1) is 11.3 Å². The van der Waals surface area contributed by atoms with Crippen molar-refractivity contribution < 1.29 is 13.9 Å². The van der Waals surface area contributed by atoms with E-state index < -0.39 is 5.91 Å². The van der Waals surface area contributed by atoms with E-state index in [1.165, 1.54) is 12.3 Å². The summed E-state index contributed by atoms with van der Waals surface area (Å²) >= 11 is 11.7. The summed E-state index contributed by atoms with van der Waals surface area (Å²) in [4.78, 5) is 11.5. The van der Waals surface area contributed by atoms with Crippen molar-refractivity contribution >= 4 is 41.4 Å². The molecule has 0 aliphatic rings. The number of benzene rings is 1. The SMILES string of the molecule is O=C(COc1cc(Cl)ccc1Cl)N/N=C/C=C/c1ccco1. The quantitative estimate of drug-likeness (QED) is 0.643. The molecule has 1 aromatic heterocycles. The van der Waals surface area contributed by atoms with Crippen molar-refractivity contribution in [3.8, 4) is 5.75 Å². The minimum Gasteiger partial charge on any atom is -0.482 e. The maximum Gasteiger partial charge on any atom is 0.277 e. The van der Waals surface area contributed by atoms with Crippen LogP contribution in [0.2, 0.25) is 10.0 Å². The molecule has 0 saturated heterocycles. The van der Waals surface area contributed by atoms with Crippen molar-refractivity contribution in [1.82, 2.24) is 5.43 Å². The minimum atomic E-state index is -0.418. The van der Waals surface area contributed by atoms with Gasteiger partial charge in [0.15, 0.2) is 6.61 Å². The van der Waals surface area contributed by atoms with Gasteiger partial charge in [-0.15, -0.1) is 0 Å². The molecule has 1 heterocycles. The van der Waals surface area contributed by atoms with Crippen LogP contribution in [0.4, 0.5) is 0 Å². The smallest absolute Gasteiger partial charge is 0.277 e. The van der Waals surface area contributed by atoms with E-state index >= 15 is 0 Å². The maximum atomic E-state index is 11.5. The van der Waals surface area contributed by atoms with Crippen molar-refractivity contribution in [2.24, 2.45) is 5.10 Å². The van der Waals surface area contributed by atoms with Gasteiger partial charge in [-0.05, 0) is 36.4 Å². The second kappa shape index (κ2) is 8.26. The zero-order valence-electron chi connectivity index (χ0n) is 11.3. The van der Waals surface area contributed by atoms with Crippen LogP contribution in [-0.2, 0) is 4.79 Å². The lowest BCUT2D eigenvalue weighted by Gasteiger charge is -2.06. The number of hydrogen-bond donors (Lipinski definition) is 1. The molecule has 1 N–H and O–H groups in total. The van der Waals surface area contributed by atoms with Crippen molar-refractivity contribution in [3.05, 3.63) is 58.5 Å². The fourth-order valence-corrected chi connectivity index (χ4v) is 1.77. The van der Waals surface area contributed by atoms with Gasteiger partial charge in [0.1, 0.15) is 11.5 Å². The monoisotopic (exact) mass is 338 g/mol. The highest BCUT2D eigenvalue weighted by Gasteiger charge is 2.05. The van der Waals surface area contributed by atoms with E-state index in [2.05, 4.69) is 10.5 Å². The van der Waals surface area contributed by atoms with Gasteiger partial charge in [0.2, 0.25) is 0 Å². The van der Waals surface area contributed by atoms with Gasteiger partial charge in [-0.1, -0.05) is 23.2 Å². The maximum absolute atomic E-state index is 11.5. The standard InChI is InChI=1S/C15H12Cl2N2O3/c16-11-5-6-13(17)14(9-11)22-10-15(20)19-18-7-1-3-12-4-2-8-21-12/h1-9H,10H2,(H,19,20)/b3-1+,18-7+. The number of ether oxygens (including phenoxy) is 1. The summed E-state index contributed by atoms with van der Waals surface area (Å²) in [6.45, 7) is -0.223. The van der Waals surface area contributed by atoms with Crippen molar-refractivity contribution in [2.45, 2.75) is 0 Å². The summed E-state index contributed by atoms with van der Waals surface area (Å²) in [7, 11) is 0. The summed E-state index contributed by atoms with van der Waals surface area (Å²) in [5, 5.41) is 4.58. The molecule has 1 amide bonds. The molecule has 5 nitrogen and oxygen atoms in total. The summed E-state index contributed by atoms with van der Waals surface area (Å²) in [6, 6.07) is 8.33. The van der Waals surface area contributed by atoms with Crippen LogP contribution in [0.3, 0.4) is 0 Å². The molecule has 0 bridgehead atoms. The topological polar surface area (TPSA) is 63.8 Å². The predicted molar refractivity (Wildman–Crippen MR) is 86.3 cm³/mol. The number of amides is 1. The summed E-state index contributed by atoms with van der Waals surface area (Å²) in [5.41, 5.74) is 2.31. The van der Waals surface area contributed by atoms with Crippen LogP contribution in [0.1, 0.15) is 5.76 Å². The summed E-state index contributed by atoms with van der Waals surface area (Å²) in [6.07, 6.45) is 6.33. The lowest BCUT2D eigenvalue weighted by Crippen LogP contribution is -2.24. The van der Waals surface area contributed by atoms with E-state index in [0.717, 1.165) is 0 Å². The Morgan fingerprint density at radius 1 is 1.36 bits per heavy atom. The Morgan fingerprint density at radius 2 is 2.23 bits per heavy atom. The summed E-state index contributed by atoms with van der Waals surface area (Å²) < 4.78 is 10.4. The molecule has 0 saturated carbocycles. The third-order valence-corrected chi connectivity index (χ3v) is 2.95. The van der Waals surface area contributed by atoms with Crippen molar-refractivity contribution in [2.75, 3.05) is 6.61 Å². The molecule has 2 aromatic rings. The van der Waals surface area contributed by atoms with Crippen LogP contribution >= 0.6 is 23.2 Å². The first-order valence-corrected chi connectivity index (χ1v) is 7.00. The lowest BCUT2D eigenvalue weighted by atomic mass is 10.3. The van der Waals surface area contributed by atoms with Gasteiger partial charge >= 0.3 is 0 Å². The van der Waals surface area contributed by atoms with E-state index in [9.17, 15) is 4.79 Å². The predicted octanol–water partition coefficient (Wildman–Crippen LogP) is 3.78. The molecule has 0 fully saturated rings. The normalized spacial score (nSPS) is 11.2. The number of hydrazone groups is 1. The Labute approximate surface area is 137 Å². The number of allylic oxidation sites excluding steroid dienone is 1. The van der Waals surface area contributed by atoms with Crippen LogP contribution in [-0.4, -0.2) is 18.7 Å². The first kappa shape index (κ1) is 16.1. The second-order valence-corrected chi connectivity index (χ2v) is 4.89. The van der Waals surface area contributed by atoms with Gasteiger partial charge in [-0.2, -0.15) is 5.10 Å². The number of halogens is 2. The van der Waals surface area contributed by atoms with E-state index in [0.29, 0.717) is 21.6 Å². The number of hydrogen-bond acceptors (Lipinski definition) is 4. The van der Waals surface area contributed by atoms with Crippen molar-refractivity contribution in [1.29, 1.82) is 0 Å². The fraction of sp³-hybridized carbons (Fsp3) is 0.0667. The van der Waals surface area contributed by atoms with E-state index in [-0.39, 0.29) is 6.61 Å². The Balaban J connectivity index is 1.75. The van der Waals surface area contributed by atoms with Crippen LogP contribution in [0.5, 0.6) is 5.75 Å². The molecule has 0 radical (unpaired) electrons. The average molecular weight is 339 g/mol. The highest BCUT2D eigenvalue weighted by Crippen LogP contribution is 2.27. The Kier molecular flexibility index (Phi) is 6.06. The average Bonchev–Trinajstić information content (AvgIpc) is 3.01. The van der Waals surface area contributed by atoms with Crippen LogP contribution < -0.4 is 10.2 Å². The van der Waals surface area contributed by atoms with Crippen molar-refractivity contribution in [3.63, 3.8) is 0 Å². The number of carbonyl (C=O) groups is 1. The molecule has 22 heavy (non-hydrogen) atoms. The first-order chi connectivity index (χ1) is 10.6. The first-order valence-electron chi connectivity index (χ1n) is 6.25. The highest BCUT2D eigenvalue weighted by molar-refractivity contribution is 6.34. The van der Waals surface area contributed by atoms with Gasteiger partial charge in [-0.25, -0.2) is 5.43 Å². The Hall–Kier alpha value is -2.24. The molecule has 114 valence electrons. The molecule has 2 rings (SSSR count).